The van der Waals surface area contributed by atoms with Crippen LogP contribution in [0.25, 0.3) is 0 Å². The first-order valence-electron chi connectivity index (χ1n) is 14.8. The summed E-state index contributed by atoms with van der Waals surface area (Å²) in [6.45, 7) is 3.96. The number of amides is 2. The lowest BCUT2D eigenvalue weighted by atomic mass is 9.45. The van der Waals surface area contributed by atoms with Crippen LogP contribution in [0.1, 0.15) is 25.0 Å². The van der Waals surface area contributed by atoms with Gasteiger partial charge in [-0.3, -0.25) is 14.8 Å². The number of rotatable bonds is 6. The summed E-state index contributed by atoms with van der Waals surface area (Å²) in [5.74, 6) is -3.70. The van der Waals surface area contributed by atoms with Crippen LogP contribution in [0.5, 0.6) is 0 Å². The minimum Gasteiger partial charge on any atom is -0.607 e. The van der Waals surface area contributed by atoms with Crippen molar-refractivity contribution in [2.75, 3.05) is 0 Å². The van der Waals surface area contributed by atoms with E-state index in [1.807, 2.05) is 117 Å². The number of carbonyl (C=O) groups excluding carboxylic acids is 3. The predicted octanol–water partition coefficient (Wildman–Crippen LogP) is 4.56. The van der Waals surface area contributed by atoms with Crippen molar-refractivity contribution in [3.05, 3.63) is 126 Å². The topological polar surface area (TPSA) is 100 Å². The Morgan fingerprint density at radius 3 is 2.14 bits per heavy atom. The van der Waals surface area contributed by atoms with E-state index in [1.165, 1.54) is 0 Å². The smallest absolute Gasteiger partial charge is 0.462 e. The third kappa shape index (κ3) is 4.94. The van der Waals surface area contributed by atoms with Gasteiger partial charge >= 0.3 is 12.1 Å². The lowest BCUT2D eigenvalue weighted by Crippen LogP contribution is -3.17. The molecule has 1 saturated carbocycles. The van der Waals surface area contributed by atoms with Crippen LogP contribution in [0.4, 0.5) is 4.79 Å². The Balaban J connectivity index is 1.36. The van der Waals surface area contributed by atoms with Gasteiger partial charge in [0.25, 0.3) is 5.91 Å². The molecule has 2 fully saturated rings. The van der Waals surface area contributed by atoms with E-state index >= 15 is 0 Å². The summed E-state index contributed by atoms with van der Waals surface area (Å²) < 4.78 is 11.3. The Kier molecular flexibility index (Phi) is 7.90. The fourth-order valence-corrected chi connectivity index (χ4v) is 7.74. The average molecular weight is 581 g/mol. The van der Waals surface area contributed by atoms with Gasteiger partial charge in [-0.1, -0.05) is 128 Å². The molecule has 0 radical (unpaired) electrons. The van der Waals surface area contributed by atoms with Gasteiger partial charge in [-0.15, -0.1) is 0 Å². The van der Waals surface area contributed by atoms with Crippen molar-refractivity contribution >= 4 is 18.0 Å². The number of fused-ring (bicyclic) bond motifs is 3. The van der Waals surface area contributed by atoms with Crippen molar-refractivity contribution in [2.45, 2.75) is 33.1 Å². The Morgan fingerprint density at radius 2 is 1.47 bits per heavy atom. The number of imide groups is 1. The van der Waals surface area contributed by atoms with Crippen molar-refractivity contribution in [2.24, 2.45) is 40.9 Å². The summed E-state index contributed by atoms with van der Waals surface area (Å²) in [6.07, 6.45) is 14.8. The fourth-order valence-electron chi connectivity index (χ4n) is 7.74. The number of benzene rings is 2. The molecule has 2 amide bonds. The fraction of sp³-hybridized carbons (Fsp3) is 0.343. The Labute approximate surface area is 251 Å². The molecule has 3 aliphatic carbocycles. The lowest BCUT2D eigenvalue weighted by Gasteiger charge is -2.57. The summed E-state index contributed by atoms with van der Waals surface area (Å²) in [6, 6.07) is 17.9. The molecule has 1 heterocycles. The number of hydrogen-bond donors (Lipinski definition) is 1. The molecule has 6 rings (SSSR count). The van der Waals surface area contributed by atoms with Gasteiger partial charge < -0.3 is 14.7 Å². The first kappa shape index (κ1) is 28.8. The van der Waals surface area contributed by atoms with E-state index < -0.39 is 46.4 Å². The SMILES string of the molecule is CC1/C=C\C=C/[C@H]2C3C(=O)N(C(=O)OCc4ccccc4)[NH+]([O-])C3C1C1C=CC=CC12C(C)C(=O)OCc1ccccc1. The van der Waals surface area contributed by atoms with Gasteiger partial charge in [-0.05, 0) is 23.0 Å². The van der Waals surface area contributed by atoms with Gasteiger partial charge in [-0.25, -0.2) is 4.79 Å². The number of esters is 1. The van der Waals surface area contributed by atoms with Crippen LogP contribution in [0.3, 0.4) is 0 Å². The molecule has 1 aliphatic heterocycles. The van der Waals surface area contributed by atoms with E-state index in [-0.39, 0.29) is 36.9 Å². The molecule has 2 bridgehead atoms. The first-order valence-corrected chi connectivity index (χ1v) is 14.8. The van der Waals surface area contributed by atoms with Gasteiger partial charge in [0.2, 0.25) is 0 Å². The van der Waals surface area contributed by atoms with Crippen LogP contribution in [0.15, 0.2) is 109 Å². The van der Waals surface area contributed by atoms with Gasteiger partial charge in [0, 0.05) is 17.3 Å². The monoisotopic (exact) mass is 580 g/mol. The minimum atomic E-state index is -0.964. The Hall–Kier alpha value is -4.27. The Bertz CT molecular complexity index is 1480. The second kappa shape index (κ2) is 11.8. The van der Waals surface area contributed by atoms with E-state index in [0.717, 1.165) is 11.1 Å². The summed E-state index contributed by atoms with van der Waals surface area (Å²) in [7, 11) is 0. The van der Waals surface area contributed by atoms with Crippen molar-refractivity contribution in [1.29, 1.82) is 0 Å². The largest absolute Gasteiger partial charge is 0.607 e. The number of nitrogens with one attached hydrogen (secondary N) is 1. The van der Waals surface area contributed by atoms with Gasteiger partial charge in [-0.2, -0.15) is 0 Å². The molecular formula is C35H36N2O6. The second-order valence-electron chi connectivity index (χ2n) is 11.9. The lowest BCUT2D eigenvalue weighted by molar-refractivity contribution is -0.965. The molecule has 2 aromatic rings. The normalized spacial score (nSPS) is 34.3. The zero-order chi connectivity index (χ0) is 30.1. The zero-order valence-electron chi connectivity index (χ0n) is 24.2. The van der Waals surface area contributed by atoms with Crippen LogP contribution in [-0.4, -0.2) is 29.0 Å². The maximum atomic E-state index is 14.2. The van der Waals surface area contributed by atoms with E-state index in [9.17, 15) is 19.6 Å². The van der Waals surface area contributed by atoms with Gasteiger partial charge in [0.15, 0.2) is 0 Å². The number of allylic oxidation sites excluding steroid dienone is 8. The molecule has 1 N–H and O–H groups in total. The molecule has 8 unspecified atom stereocenters. The predicted molar refractivity (Wildman–Crippen MR) is 159 cm³/mol. The second-order valence-corrected chi connectivity index (χ2v) is 11.9. The molecule has 0 spiro atoms. The van der Waals surface area contributed by atoms with E-state index in [4.69, 9.17) is 9.47 Å². The number of hydroxylamine groups is 1. The number of nitrogens with zero attached hydrogens (tertiary/aromatic N) is 1. The molecule has 8 nitrogen and oxygen atoms in total. The van der Waals surface area contributed by atoms with Crippen LogP contribution in [0.2, 0.25) is 0 Å². The van der Waals surface area contributed by atoms with E-state index in [0.29, 0.717) is 5.01 Å². The van der Waals surface area contributed by atoms with Crippen LogP contribution < -0.4 is 5.17 Å². The molecule has 8 heteroatoms. The number of carbonyl (C=O) groups is 3. The highest BCUT2D eigenvalue weighted by atomic mass is 16.6. The van der Waals surface area contributed by atoms with E-state index in [2.05, 4.69) is 6.08 Å². The molecule has 2 aromatic carbocycles. The maximum absolute atomic E-state index is 14.2. The first-order chi connectivity index (χ1) is 20.8. The highest BCUT2D eigenvalue weighted by Gasteiger charge is 2.69. The zero-order valence-corrected chi connectivity index (χ0v) is 24.2. The molecule has 9 atom stereocenters. The quantitative estimate of drug-likeness (QED) is 0.397. The minimum absolute atomic E-state index is 0.0553. The van der Waals surface area contributed by atoms with Crippen LogP contribution >= 0.6 is 0 Å². The third-order valence-corrected chi connectivity index (χ3v) is 9.75. The molecular weight excluding hydrogens is 544 g/mol. The van der Waals surface area contributed by atoms with Crippen molar-refractivity contribution in [3.8, 4) is 0 Å². The summed E-state index contributed by atoms with van der Waals surface area (Å²) in [5.41, 5.74) is 0.777. The number of quaternary nitrogens is 1. The van der Waals surface area contributed by atoms with Crippen LogP contribution in [0, 0.1) is 46.1 Å². The van der Waals surface area contributed by atoms with Crippen molar-refractivity contribution in [1.82, 2.24) is 5.01 Å². The third-order valence-electron chi connectivity index (χ3n) is 9.75. The molecule has 0 aromatic heterocycles. The summed E-state index contributed by atoms with van der Waals surface area (Å²) >= 11 is 0. The van der Waals surface area contributed by atoms with E-state index in [1.54, 1.807) is 0 Å². The van der Waals surface area contributed by atoms with Crippen LogP contribution in [-0.2, 0) is 32.3 Å². The van der Waals surface area contributed by atoms with Gasteiger partial charge in [0.05, 0.1) is 5.92 Å². The number of hydrogen-bond acceptors (Lipinski definition) is 6. The molecule has 1 saturated heterocycles. The molecule has 43 heavy (non-hydrogen) atoms. The summed E-state index contributed by atoms with van der Waals surface area (Å²) in [5, 5.41) is 14.3. The highest BCUT2D eigenvalue weighted by Crippen LogP contribution is 2.60. The molecule has 222 valence electrons. The van der Waals surface area contributed by atoms with Crippen molar-refractivity contribution < 1.29 is 29.0 Å². The standard InChI is InChI=1S/C35H36N2O6/c1-23-13-9-10-18-28-30-31(37(41)36(32(30)38)34(40)43-22-26-16-7-4-8-17-26)29(23)27-19-11-12-20-35(27,28)24(2)33(39)42-21-25-14-5-3-6-15-25/h3-20,23-24,27-31,37H,21-22H2,1-2H3/b13-9-,18-10-/t23?,24?,27?,28-,29?,30?,31?,35?/m0/s1. The maximum Gasteiger partial charge on any atom is 0.462 e. The van der Waals surface area contributed by atoms with Gasteiger partial charge in [0.1, 0.15) is 25.2 Å². The number of ether oxygens (including phenoxy) is 2. The Morgan fingerprint density at radius 1 is 0.884 bits per heavy atom. The summed E-state index contributed by atoms with van der Waals surface area (Å²) in [4.78, 5) is 41.3. The average Bonchev–Trinajstić information content (AvgIpc) is 3.35. The highest BCUT2D eigenvalue weighted by molar-refractivity contribution is 5.93. The van der Waals surface area contributed by atoms with Crippen molar-refractivity contribution in [3.63, 3.8) is 0 Å². The molecule has 4 aliphatic rings.